The molecule has 5 heteroatoms. The summed E-state index contributed by atoms with van der Waals surface area (Å²) in [6, 6.07) is 8.22. The van der Waals surface area contributed by atoms with Crippen molar-refractivity contribution >= 4 is 16.8 Å². The van der Waals surface area contributed by atoms with Crippen LogP contribution in [-0.2, 0) is 16.0 Å². The molecule has 0 spiro atoms. The molecule has 1 amide bonds. The number of hydrogen-bond acceptors (Lipinski definition) is 3. The summed E-state index contributed by atoms with van der Waals surface area (Å²) in [5.41, 5.74) is 3.43. The summed E-state index contributed by atoms with van der Waals surface area (Å²) >= 11 is 0. The fourth-order valence-electron chi connectivity index (χ4n) is 4.90. The second-order valence-electron chi connectivity index (χ2n) is 8.11. The van der Waals surface area contributed by atoms with E-state index < -0.39 is 0 Å². The Morgan fingerprint density at radius 2 is 1.93 bits per heavy atom. The number of nitrogens with zero attached hydrogens (tertiary/aromatic N) is 1. The van der Waals surface area contributed by atoms with Gasteiger partial charge in [0.05, 0.1) is 19.6 Å². The van der Waals surface area contributed by atoms with Crippen molar-refractivity contribution in [3.8, 4) is 0 Å². The van der Waals surface area contributed by atoms with Crippen molar-refractivity contribution in [1.29, 1.82) is 0 Å². The van der Waals surface area contributed by atoms with Crippen molar-refractivity contribution in [2.45, 2.75) is 51.0 Å². The zero-order valence-corrected chi connectivity index (χ0v) is 16.4. The van der Waals surface area contributed by atoms with Gasteiger partial charge in [-0.2, -0.15) is 0 Å². The lowest BCUT2D eigenvalue weighted by Gasteiger charge is -2.48. The molecule has 2 fully saturated rings. The van der Waals surface area contributed by atoms with Crippen LogP contribution in [0.4, 0.5) is 0 Å². The number of hydrogen-bond donors (Lipinski definition) is 2. The highest BCUT2D eigenvalue weighted by atomic mass is 16.5. The standard InChI is InChI=1S/C22H31N3O2/c1-17-19(18-7-3-4-8-20(18)24-17)15-21(26)23-16-22(9-5-2-6-10-22)25-11-13-27-14-12-25/h3-4,7-8,24H,2,5-6,9-16H2,1H3,(H,23,26). The number of fused-ring (bicyclic) bond motifs is 1. The minimum Gasteiger partial charge on any atom is -0.379 e. The molecule has 5 nitrogen and oxygen atoms in total. The lowest BCUT2D eigenvalue weighted by atomic mass is 9.79. The third-order valence-electron chi connectivity index (χ3n) is 6.45. The van der Waals surface area contributed by atoms with Gasteiger partial charge in [0.2, 0.25) is 5.91 Å². The Hall–Kier alpha value is -1.85. The van der Waals surface area contributed by atoms with Gasteiger partial charge in [0.15, 0.2) is 0 Å². The van der Waals surface area contributed by atoms with Gasteiger partial charge < -0.3 is 15.0 Å². The summed E-state index contributed by atoms with van der Waals surface area (Å²) < 4.78 is 5.55. The second-order valence-corrected chi connectivity index (χ2v) is 8.11. The lowest BCUT2D eigenvalue weighted by molar-refractivity contribution is -0.121. The SMILES string of the molecule is Cc1[nH]c2ccccc2c1CC(=O)NCC1(N2CCOCC2)CCCCC1. The number of benzene rings is 1. The Morgan fingerprint density at radius 1 is 1.19 bits per heavy atom. The van der Waals surface area contributed by atoms with Crippen LogP contribution in [0.3, 0.4) is 0 Å². The van der Waals surface area contributed by atoms with Crippen molar-refractivity contribution < 1.29 is 9.53 Å². The highest BCUT2D eigenvalue weighted by molar-refractivity contribution is 5.90. The zero-order valence-electron chi connectivity index (χ0n) is 16.4. The first kappa shape index (κ1) is 18.5. The summed E-state index contributed by atoms with van der Waals surface area (Å²) in [5.74, 6) is 0.126. The molecule has 2 N–H and O–H groups in total. The molecule has 1 aliphatic carbocycles. The van der Waals surface area contributed by atoms with E-state index in [0.29, 0.717) is 6.42 Å². The number of rotatable bonds is 5. The largest absolute Gasteiger partial charge is 0.379 e. The van der Waals surface area contributed by atoms with Gasteiger partial charge in [-0.25, -0.2) is 0 Å². The van der Waals surface area contributed by atoms with Crippen LogP contribution in [0.25, 0.3) is 10.9 Å². The maximum atomic E-state index is 12.8. The second kappa shape index (κ2) is 8.03. The minimum absolute atomic E-state index is 0.118. The molecule has 27 heavy (non-hydrogen) atoms. The first-order chi connectivity index (χ1) is 13.2. The molecule has 1 aromatic heterocycles. The van der Waals surface area contributed by atoms with Crippen molar-refractivity contribution in [3.63, 3.8) is 0 Å². The van der Waals surface area contributed by atoms with Crippen LogP contribution >= 0.6 is 0 Å². The average molecular weight is 370 g/mol. The van der Waals surface area contributed by atoms with Crippen LogP contribution in [0.1, 0.15) is 43.4 Å². The minimum atomic E-state index is 0.118. The number of aryl methyl sites for hydroxylation is 1. The highest BCUT2D eigenvalue weighted by Crippen LogP contribution is 2.34. The Morgan fingerprint density at radius 3 is 2.70 bits per heavy atom. The smallest absolute Gasteiger partial charge is 0.224 e. The van der Waals surface area contributed by atoms with E-state index in [2.05, 4.69) is 34.3 Å². The number of aromatic amines is 1. The van der Waals surface area contributed by atoms with Gasteiger partial charge in [-0.05, 0) is 31.4 Å². The number of nitrogens with one attached hydrogen (secondary N) is 2. The molecule has 0 radical (unpaired) electrons. The molecule has 2 heterocycles. The maximum absolute atomic E-state index is 12.8. The molecule has 1 aromatic carbocycles. The van der Waals surface area contributed by atoms with E-state index in [1.807, 2.05) is 12.1 Å². The van der Waals surface area contributed by atoms with Crippen molar-refractivity contribution in [3.05, 3.63) is 35.5 Å². The number of morpholine rings is 1. The summed E-state index contributed by atoms with van der Waals surface area (Å²) in [6.45, 7) is 6.40. The fraction of sp³-hybridized carbons (Fsp3) is 0.591. The topological polar surface area (TPSA) is 57.4 Å². The number of H-pyrrole nitrogens is 1. The number of para-hydroxylation sites is 1. The summed E-state index contributed by atoms with van der Waals surface area (Å²) in [5, 5.41) is 4.44. The lowest BCUT2D eigenvalue weighted by Crippen LogP contribution is -2.59. The average Bonchev–Trinajstić information content (AvgIpc) is 3.03. The molecule has 1 saturated heterocycles. The van der Waals surface area contributed by atoms with Gasteiger partial charge in [0.25, 0.3) is 0 Å². The molecule has 146 valence electrons. The highest BCUT2D eigenvalue weighted by Gasteiger charge is 2.38. The quantitative estimate of drug-likeness (QED) is 0.851. The van der Waals surface area contributed by atoms with E-state index in [1.54, 1.807) is 0 Å². The Bertz CT molecular complexity index is 786. The van der Waals surface area contributed by atoms with E-state index in [1.165, 1.54) is 32.1 Å². The van der Waals surface area contributed by atoms with E-state index in [4.69, 9.17) is 4.74 Å². The van der Waals surface area contributed by atoms with E-state index in [0.717, 1.165) is 55.0 Å². The van der Waals surface area contributed by atoms with Crippen molar-refractivity contribution in [1.82, 2.24) is 15.2 Å². The number of aromatic nitrogens is 1. The number of carbonyl (C=O) groups excluding carboxylic acids is 1. The van der Waals surface area contributed by atoms with Gasteiger partial charge in [0, 0.05) is 41.8 Å². The van der Waals surface area contributed by atoms with Gasteiger partial charge in [-0.1, -0.05) is 37.5 Å². The predicted octanol–water partition coefficient (Wildman–Crippen LogP) is 3.17. The molecular formula is C22H31N3O2. The van der Waals surface area contributed by atoms with Crippen molar-refractivity contribution in [2.75, 3.05) is 32.8 Å². The maximum Gasteiger partial charge on any atom is 0.224 e. The Balaban J connectivity index is 1.44. The summed E-state index contributed by atoms with van der Waals surface area (Å²) in [4.78, 5) is 18.8. The predicted molar refractivity (Wildman–Crippen MR) is 108 cm³/mol. The number of carbonyl (C=O) groups is 1. The van der Waals surface area contributed by atoms with Crippen LogP contribution in [0.5, 0.6) is 0 Å². The van der Waals surface area contributed by atoms with Crippen LogP contribution in [0.2, 0.25) is 0 Å². The van der Waals surface area contributed by atoms with Gasteiger partial charge in [-0.3, -0.25) is 9.69 Å². The van der Waals surface area contributed by atoms with Crippen LogP contribution in [0, 0.1) is 6.92 Å². The number of ether oxygens (including phenoxy) is 1. The van der Waals surface area contributed by atoms with Crippen LogP contribution in [0.15, 0.2) is 24.3 Å². The molecular weight excluding hydrogens is 338 g/mol. The third-order valence-corrected chi connectivity index (χ3v) is 6.45. The monoisotopic (exact) mass is 369 g/mol. The summed E-state index contributed by atoms with van der Waals surface area (Å²) in [7, 11) is 0. The zero-order chi connectivity index (χ0) is 18.7. The van der Waals surface area contributed by atoms with Gasteiger partial charge in [0.1, 0.15) is 0 Å². The number of amides is 1. The molecule has 1 aliphatic heterocycles. The molecule has 0 atom stereocenters. The molecule has 0 bridgehead atoms. The first-order valence-corrected chi connectivity index (χ1v) is 10.3. The van der Waals surface area contributed by atoms with Gasteiger partial charge >= 0.3 is 0 Å². The normalized spacial score (nSPS) is 20.6. The molecule has 0 unspecified atom stereocenters. The Kier molecular flexibility index (Phi) is 5.50. The Labute approximate surface area is 161 Å². The first-order valence-electron chi connectivity index (χ1n) is 10.3. The molecule has 2 aromatic rings. The van der Waals surface area contributed by atoms with E-state index >= 15 is 0 Å². The molecule has 2 aliphatic rings. The fourth-order valence-corrected chi connectivity index (χ4v) is 4.90. The molecule has 4 rings (SSSR count). The van der Waals surface area contributed by atoms with Crippen LogP contribution < -0.4 is 5.32 Å². The van der Waals surface area contributed by atoms with Gasteiger partial charge in [-0.15, -0.1) is 0 Å². The third kappa shape index (κ3) is 3.90. The van der Waals surface area contributed by atoms with Crippen LogP contribution in [-0.4, -0.2) is 54.2 Å². The molecule has 1 saturated carbocycles. The van der Waals surface area contributed by atoms with E-state index in [9.17, 15) is 4.79 Å². The van der Waals surface area contributed by atoms with Crippen molar-refractivity contribution in [2.24, 2.45) is 0 Å². The van der Waals surface area contributed by atoms with E-state index in [-0.39, 0.29) is 11.4 Å². The summed E-state index contributed by atoms with van der Waals surface area (Å²) in [6.07, 6.45) is 6.63.